The van der Waals surface area contributed by atoms with Crippen LogP contribution in [0.3, 0.4) is 0 Å². The summed E-state index contributed by atoms with van der Waals surface area (Å²) >= 11 is 2.63. The van der Waals surface area contributed by atoms with E-state index in [4.69, 9.17) is 5.26 Å². The average Bonchev–Trinajstić information content (AvgIpc) is 3.29. The van der Waals surface area contributed by atoms with Gasteiger partial charge in [-0.05, 0) is 30.5 Å². The lowest BCUT2D eigenvalue weighted by molar-refractivity contribution is -0.115. The molecule has 0 saturated carbocycles. The van der Waals surface area contributed by atoms with E-state index in [1.165, 1.54) is 23.1 Å². The van der Waals surface area contributed by atoms with Crippen molar-refractivity contribution in [3.05, 3.63) is 54.2 Å². The molecule has 0 bridgehead atoms. The number of nitriles is 1. The van der Waals surface area contributed by atoms with Crippen LogP contribution in [0.4, 0.5) is 5.00 Å². The van der Waals surface area contributed by atoms with Crippen LogP contribution in [0.25, 0.3) is 11.4 Å². The van der Waals surface area contributed by atoms with Gasteiger partial charge < -0.3 is 5.32 Å². The molecule has 0 unspecified atom stereocenters. The van der Waals surface area contributed by atoms with E-state index in [1.807, 2.05) is 16.7 Å². The molecule has 0 aromatic carbocycles. The van der Waals surface area contributed by atoms with Crippen LogP contribution in [-0.4, -0.2) is 30.9 Å². The molecule has 0 radical (unpaired) electrons. The highest BCUT2D eigenvalue weighted by Gasteiger charge is 2.21. The van der Waals surface area contributed by atoms with Gasteiger partial charge in [-0.3, -0.25) is 14.3 Å². The van der Waals surface area contributed by atoms with E-state index in [-0.39, 0.29) is 5.91 Å². The van der Waals surface area contributed by atoms with E-state index in [0.717, 1.165) is 5.56 Å². The Morgan fingerprint density at radius 3 is 2.93 bits per heavy atom. The van der Waals surface area contributed by atoms with Gasteiger partial charge in [0.15, 0.2) is 11.0 Å². The number of pyridine rings is 1. The number of hydrogen-bond donors (Lipinski definition) is 1. The summed E-state index contributed by atoms with van der Waals surface area (Å²) in [6.45, 7) is 6.10. The number of nitrogens with zero attached hydrogens (tertiary/aromatic N) is 5. The van der Waals surface area contributed by atoms with Gasteiger partial charge in [-0.15, -0.1) is 28.1 Å². The third-order valence-electron chi connectivity index (χ3n) is 3.64. The van der Waals surface area contributed by atoms with E-state index < -0.39 is 5.25 Å². The first-order chi connectivity index (χ1) is 13.1. The molecule has 0 aliphatic rings. The molecule has 3 aromatic heterocycles. The zero-order valence-electron chi connectivity index (χ0n) is 14.5. The maximum absolute atomic E-state index is 12.5. The summed E-state index contributed by atoms with van der Waals surface area (Å²) in [5.41, 5.74) is 1.35. The quantitative estimate of drug-likeness (QED) is 0.484. The maximum Gasteiger partial charge on any atom is 0.238 e. The Labute approximate surface area is 164 Å². The average molecular weight is 397 g/mol. The summed E-state index contributed by atoms with van der Waals surface area (Å²) < 4.78 is 1.91. The monoisotopic (exact) mass is 396 g/mol. The predicted molar refractivity (Wildman–Crippen MR) is 106 cm³/mol. The molecule has 3 rings (SSSR count). The second-order valence-corrected chi connectivity index (χ2v) is 7.69. The number of rotatable bonds is 7. The zero-order valence-corrected chi connectivity index (χ0v) is 16.1. The third-order valence-corrected chi connectivity index (χ3v) is 5.55. The van der Waals surface area contributed by atoms with E-state index in [0.29, 0.717) is 28.1 Å². The van der Waals surface area contributed by atoms with Crippen molar-refractivity contribution < 1.29 is 4.79 Å². The Bertz CT molecular complexity index is 989. The Balaban J connectivity index is 1.78. The second-order valence-electron chi connectivity index (χ2n) is 5.47. The lowest BCUT2D eigenvalue weighted by Gasteiger charge is -2.12. The van der Waals surface area contributed by atoms with Crippen molar-refractivity contribution in [2.24, 2.45) is 0 Å². The summed E-state index contributed by atoms with van der Waals surface area (Å²) in [6, 6.07) is 7.45. The van der Waals surface area contributed by atoms with Crippen molar-refractivity contribution in [2.45, 2.75) is 23.9 Å². The number of anilines is 1. The smallest absolute Gasteiger partial charge is 0.238 e. The van der Waals surface area contributed by atoms with Gasteiger partial charge in [-0.2, -0.15) is 5.26 Å². The Morgan fingerprint density at radius 1 is 1.44 bits per heavy atom. The molecule has 0 aliphatic carbocycles. The number of thiophene rings is 1. The lowest BCUT2D eigenvalue weighted by atomic mass is 10.2. The Kier molecular flexibility index (Phi) is 6.01. The van der Waals surface area contributed by atoms with Crippen LogP contribution in [0, 0.1) is 11.3 Å². The molecule has 0 fully saturated rings. The highest BCUT2D eigenvalue weighted by atomic mass is 32.2. The van der Waals surface area contributed by atoms with Gasteiger partial charge >= 0.3 is 0 Å². The Hall–Kier alpha value is -2.96. The van der Waals surface area contributed by atoms with Crippen LogP contribution in [0.2, 0.25) is 0 Å². The first-order valence-electron chi connectivity index (χ1n) is 8.03. The van der Waals surface area contributed by atoms with E-state index >= 15 is 0 Å². The fourth-order valence-corrected chi connectivity index (χ4v) is 3.90. The van der Waals surface area contributed by atoms with Crippen LogP contribution in [0.1, 0.15) is 12.5 Å². The van der Waals surface area contributed by atoms with E-state index in [9.17, 15) is 4.79 Å². The largest absolute Gasteiger partial charge is 0.316 e. The molecule has 1 amide bonds. The van der Waals surface area contributed by atoms with Crippen LogP contribution < -0.4 is 5.32 Å². The third kappa shape index (κ3) is 4.24. The van der Waals surface area contributed by atoms with Gasteiger partial charge in [-0.25, -0.2) is 0 Å². The van der Waals surface area contributed by atoms with Gasteiger partial charge in [0.05, 0.1) is 10.8 Å². The molecule has 3 aromatic rings. The molecule has 0 saturated heterocycles. The molecule has 3 heterocycles. The number of thioether (sulfide) groups is 1. The summed E-state index contributed by atoms with van der Waals surface area (Å²) in [5, 5.41) is 22.9. The number of carbonyl (C=O) groups excluding carboxylic acids is 1. The summed E-state index contributed by atoms with van der Waals surface area (Å²) in [5.74, 6) is 0.495. The SMILES string of the molecule is C=CCn1c(S[C@H](C)C(=O)Nc2sccc2C#N)nnc1-c1ccncc1. The van der Waals surface area contributed by atoms with Gasteiger partial charge in [0.2, 0.25) is 5.91 Å². The number of hydrogen-bond acceptors (Lipinski definition) is 7. The number of allylic oxidation sites excluding steroid dienone is 1. The molecule has 136 valence electrons. The number of nitrogens with one attached hydrogen (secondary N) is 1. The first-order valence-corrected chi connectivity index (χ1v) is 9.79. The molecule has 7 nitrogen and oxygen atoms in total. The van der Waals surface area contributed by atoms with E-state index in [2.05, 4.69) is 33.1 Å². The van der Waals surface area contributed by atoms with E-state index in [1.54, 1.807) is 36.8 Å². The minimum atomic E-state index is -0.420. The predicted octanol–water partition coefficient (Wildman–Crippen LogP) is 3.58. The normalized spacial score (nSPS) is 11.6. The standard InChI is InChI=1S/C18H16N6OS2/c1-3-9-24-15(13-4-7-20-8-5-13)22-23-18(24)27-12(2)16(25)21-17-14(11-19)6-10-26-17/h3-8,10,12H,1,9H2,2H3,(H,21,25)/t12-/m1/s1. The molecular formula is C18H16N6OS2. The van der Waals surface area contributed by atoms with Crippen LogP contribution in [-0.2, 0) is 11.3 Å². The lowest BCUT2D eigenvalue weighted by Crippen LogP contribution is -2.22. The minimum absolute atomic E-state index is 0.197. The van der Waals surface area contributed by atoms with Crippen molar-refractivity contribution in [2.75, 3.05) is 5.32 Å². The molecule has 0 spiro atoms. The van der Waals surface area contributed by atoms with Crippen LogP contribution in [0.15, 0.2) is 53.8 Å². The van der Waals surface area contributed by atoms with Gasteiger partial charge in [0.1, 0.15) is 11.1 Å². The molecule has 27 heavy (non-hydrogen) atoms. The molecule has 1 atom stereocenters. The van der Waals surface area contributed by atoms with Crippen molar-refractivity contribution >= 4 is 34.0 Å². The second kappa shape index (κ2) is 8.62. The highest BCUT2D eigenvalue weighted by molar-refractivity contribution is 8.00. The molecule has 0 aliphatic heterocycles. The fraction of sp³-hybridized carbons (Fsp3) is 0.167. The fourth-order valence-electron chi connectivity index (χ4n) is 2.30. The molecular weight excluding hydrogens is 380 g/mol. The van der Waals surface area contributed by atoms with Crippen LogP contribution in [0.5, 0.6) is 0 Å². The molecule has 1 N–H and O–H groups in total. The van der Waals surface area contributed by atoms with Crippen molar-refractivity contribution in [1.29, 1.82) is 5.26 Å². The number of carbonyl (C=O) groups is 1. The van der Waals surface area contributed by atoms with Crippen molar-refractivity contribution in [3.63, 3.8) is 0 Å². The van der Waals surface area contributed by atoms with Crippen molar-refractivity contribution in [3.8, 4) is 17.5 Å². The van der Waals surface area contributed by atoms with Gasteiger partial charge in [0.25, 0.3) is 0 Å². The van der Waals surface area contributed by atoms with Gasteiger partial charge in [-0.1, -0.05) is 17.8 Å². The summed E-state index contributed by atoms with van der Waals surface area (Å²) in [7, 11) is 0. The summed E-state index contributed by atoms with van der Waals surface area (Å²) in [6.07, 6.45) is 5.14. The number of aromatic nitrogens is 4. The number of amides is 1. The first kappa shape index (κ1) is 18.8. The van der Waals surface area contributed by atoms with Crippen LogP contribution >= 0.6 is 23.1 Å². The Morgan fingerprint density at radius 2 is 2.22 bits per heavy atom. The maximum atomic E-state index is 12.5. The highest BCUT2D eigenvalue weighted by Crippen LogP contribution is 2.28. The van der Waals surface area contributed by atoms with Gasteiger partial charge in [0, 0.05) is 24.5 Å². The molecule has 9 heteroatoms. The summed E-state index contributed by atoms with van der Waals surface area (Å²) in [4.78, 5) is 16.5. The zero-order chi connectivity index (χ0) is 19.2. The van der Waals surface area contributed by atoms with Crippen molar-refractivity contribution in [1.82, 2.24) is 19.7 Å². The topological polar surface area (TPSA) is 96.5 Å². The minimum Gasteiger partial charge on any atom is -0.316 e.